The summed E-state index contributed by atoms with van der Waals surface area (Å²) >= 11 is 1.73. The van der Waals surface area contributed by atoms with Gasteiger partial charge in [-0.15, -0.1) is 24.5 Å². The van der Waals surface area contributed by atoms with E-state index in [4.69, 9.17) is 19.8 Å². The molecule has 9 heteroatoms. The molecule has 1 fully saturated rings. The molecule has 1 atom stereocenters. The number of anilines is 1. The number of aryl methyl sites for hydroxylation is 3. The lowest BCUT2D eigenvalue weighted by atomic mass is 9.76. The Kier molecular flexibility index (Phi) is 9.84. The van der Waals surface area contributed by atoms with Gasteiger partial charge >= 0.3 is 5.97 Å². The third-order valence-electron chi connectivity index (χ3n) is 8.80. The Balaban J connectivity index is 1.63. The summed E-state index contributed by atoms with van der Waals surface area (Å²) in [7, 11) is 0. The first-order valence-corrected chi connectivity index (χ1v) is 17.0. The number of allylic oxidation sites excluding steroid dienone is 2. The molecule has 46 heavy (non-hydrogen) atoms. The monoisotopic (exact) mass is 641 g/mol. The Morgan fingerprint density at radius 1 is 1.11 bits per heavy atom. The quantitative estimate of drug-likeness (QED) is 0.155. The van der Waals surface area contributed by atoms with Crippen molar-refractivity contribution in [3.63, 3.8) is 0 Å². The fourth-order valence-corrected chi connectivity index (χ4v) is 7.31. The van der Waals surface area contributed by atoms with Gasteiger partial charge in [-0.25, -0.2) is 14.8 Å². The summed E-state index contributed by atoms with van der Waals surface area (Å²) in [5, 5.41) is 16.6. The average molecular weight is 642 g/mol. The van der Waals surface area contributed by atoms with Gasteiger partial charge in [-0.05, 0) is 84.6 Å². The topological polar surface area (TPSA) is 92.8 Å². The van der Waals surface area contributed by atoms with Crippen molar-refractivity contribution in [2.45, 2.75) is 91.8 Å². The molecule has 1 N–H and O–H groups in total. The molecule has 5 rings (SSSR count). The highest BCUT2D eigenvalue weighted by molar-refractivity contribution is 7.12. The molecule has 3 aromatic heterocycles. The van der Waals surface area contributed by atoms with Crippen LogP contribution in [0.5, 0.6) is 0 Å². The number of carboxylic acid groups (broad SMARTS) is 1. The number of carbonyl (C=O) groups is 1. The van der Waals surface area contributed by atoms with Crippen LogP contribution >= 0.6 is 11.3 Å². The predicted molar refractivity (Wildman–Crippen MR) is 188 cm³/mol. The first kappa shape index (κ1) is 33.5. The SMILES string of the molecule is C=CCCc1sc(C)nc1-c1cccc(-c2cc3nc(C)c(C(OC(C)(C)C)C(=O)O)c(N4CCC(C)(CCC=C)CC4)n3n2)c1. The van der Waals surface area contributed by atoms with Crippen LogP contribution in [0.1, 0.15) is 87.0 Å². The lowest BCUT2D eigenvalue weighted by Crippen LogP contribution is -2.41. The van der Waals surface area contributed by atoms with Gasteiger partial charge in [0.15, 0.2) is 11.8 Å². The fraction of sp³-hybridized carbons (Fsp3) is 0.459. The molecule has 0 saturated carbocycles. The van der Waals surface area contributed by atoms with Gasteiger partial charge in [0.1, 0.15) is 5.82 Å². The average Bonchev–Trinajstić information content (AvgIpc) is 3.60. The maximum atomic E-state index is 12.8. The Bertz CT molecular complexity index is 1740. The minimum absolute atomic E-state index is 0.203. The summed E-state index contributed by atoms with van der Waals surface area (Å²) < 4.78 is 8.04. The molecule has 1 aliphatic rings. The molecule has 0 radical (unpaired) electrons. The summed E-state index contributed by atoms with van der Waals surface area (Å²) in [6.07, 6.45) is 8.58. The van der Waals surface area contributed by atoms with Gasteiger partial charge in [0, 0.05) is 40.9 Å². The third-order valence-corrected chi connectivity index (χ3v) is 9.83. The molecule has 4 aromatic rings. The van der Waals surface area contributed by atoms with Crippen LogP contribution in [0.15, 0.2) is 55.6 Å². The molecular weight excluding hydrogens is 595 g/mol. The predicted octanol–water partition coefficient (Wildman–Crippen LogP) is 8.77. The van der Waals surface area contributed by atoms with E-state index in [0.717, 1.165) is 85.0 Å². The van der Waals surface area contributed by atoms with Crippen molar-refractivity contribution in [1.29, 1.82) is 0 Å². The van der Waals surface area contributed by atoms with E-state index in [1.165, 1.54) is 4.88 Å². The van der Waals surface area contributed by atoms with E-state index in [2.05, 4.69) is 43.2 Å². The minimum atomic E-state index is -1.20. The molecule has 0 bridgehead atoms. The van der Waals surface area contributed by atoms with Gasteiger partial charge in [-0.1, -0.05) is 37.3 Å². The van der Waals surface area contributed by atoms with Crippen LogP contribution < -0.4 is 4.90 Å². The van der Waals surface area contributed by atoms with Crippen LogP contribution in [-0.2, 0) is 16.0 Å². The van der Waals surface area contributed by atoms with Crippen molar-refractivity contribution in [3.8, 4) is 22.5 Å². The van der Waals surface area contributed by atoms with Crippen molar-refractivity contribution in [2.75, 3.05) is 18.0 Å². The standard InChI is InChI=1S/C37H47N5O3S/c1-9-11-16-29-32(39-25(4)46-29)27-15-13-14-26(22-27)28-23-30-38-24(3)31(33(35(43)44)45-36(5,6)7)34(42(30)40-28)41-20-18-37(8,19-21-41)17-12-10-2/h9-10,13-15,22-23,33H,1-2,11-12,16-21H2,3-8H3,(H,43,44). The Labute approximate surface area is 276 Å². The fourth-order valence-electron chi connectivity index (χ4n) is 6.34. The second-order valence-electron chi connectivity index (χ2n) is 13.7. The number of aliphatic carboxylic acids is 1. The molecule has 0 spiro atoms. The normalized spacial score (nSPS) is 15.7. The van der Waals surface area contributed by atoms with Crippen LogP contribution in [-0.4, -0.2) is 49.3 Å². The molecule has 4 heterocycles. The van der Waals surface area contributed by atoms with Crippen molar-refractivity contribution < 1.29 is 14.6 Å². The molecule has 1 unspecified atom stereocenters. The van der Waals surface area contributed by atoms with Crippen molar-refractivity contribution >= 4 is 28.8 Å². The summed E-state index contributed by atoms with van der Waals surface area (Å²) in [5.74, 6) is -0.298. The number of carboxylic acids is 1. The highest BCUT2D eigenvalue weighted by atomic mass is 32.1. The van der Waals surface area contributed by atoms with E-state index in [9.17, 15) is 9.90 Å². The second kappa shape index (κ2) is 13.5. The molecule has 244 valence electrons. The van der Waals surface area contributed by atoms with Gasteiger partial charge in [0.05, 0.1) is 27.6 Å². The number of hydrogen-bond donors (Lipinski definition) is 1. The summed E-state index contributed by atoms with van der Waals surface area (Å²) in [6, 6.07) is 10.3. The second-order valence-corrected chi connectivity index (χ2v) is 15.0. The summed E-state index contributed by atoms with van der Waals surface area (Å²) in [6.45, 7) is 21.3. The molecule has 0 amide bonds. The molecule has 8 nitrogen and oxygen atoms in total. The van der Waals surface area contributed by atoms with Crippen LogP contribution in [0.2, 0.25) is 0 Å². The van der Waals surface area contributed by atoms with Crippen LogP contribution in [0.25, 0.3) is 28.2 Å². The number of hydrogen-bond acceptors (Lipinski definition) is 7. The van der Waals surface area contributed by atoms with E-state index in [-0.39, 0.29) is 5.41 Å². The Hall–Kier alpha value is -3.82. The van der Waals surface area contributed by atoms with E-state index in [0.29, 0.717) is 16.9 Å². The number of thiazole rings is 1. The smallest absolute Gasteiger partial charge is 0.337 e. The third kappa shape index (κ3) is 7.26. The van der Waals surface area contributed by atoms with Crippen molar-refractivity contribution in [2.24, 2.45) is 5.41 Å². The van der Waals surface area contributed by atoms with Crippen molar-refractivity contribution in [3.05, 3.63) is 76.8 Å². The van der Waals surface area contributed by atoms with E-state index >= 15 is 0 Å². The van der Waals surface area contributed by atoms with Crippen LogP contribution in [0, 0.1) is 19.3 Å². The van der Waals surface area contributed by atoms with Gasteiger partial charge in [-0.3, -0.25) is 0 Å². The molecule has 0 aliphatic carbocycles. The zero-order valence-electron chi connectivity index (χ0n) is 28.1. The highest BCUT2D eigenvalue weighted by Gasteiger charge is 2.37. The lowest BCUT2D eigenvalue weighted by Gasteiger charge is -2.41. The first-order valence-electron chi connectivity index (χ1n) is 16.2. The first-order chi connectivity index (χ1) is 21.8. The largest absolute Gasteiger partial charge is 0.479 e. The molecule has 1 aliphatic heterocycles. The maximum absolute atomic E-state index is 12.8. The highest BCUT2D eigenvalue weighted by Crippen LogP contribution is 2.41. The molecular formula is C37H47N5O3S. The van der Waals surface area contributed by atoms with E-state index < -0.39 is 17.7 Å². The van der Waals surface area contributed by atoms with Gasteiger partial charge in [0.2, 0.25) is 0 Å². The maximum Gasteiger partial charge on any atom is 0.337 e. The van der Waals surface area contributed by atoms with Crippen molar-refractivity contribution in [1.82, 2.24) is 19.6 Å². The molecule has 1 saturated heterocycles. The van der Waals surface area contributed by atoms with Crippen LogP contribution in [0.4, 0.5) is 5.82 Å². The zero-order chi connectivity index (χ0) is 33.2. The summed E-state index contributed by atoms with van der Waals surface area (Å²) in [5.41, 5.74) is 5.14. The Morgan fingerprint density at radius 2 is 1.80 bits per heavy atom. The number of nitrogens with zero attached hydrogens (tertiary/aromatic N) is 5. The van der Waals surface area contributed by atoms with E-state index in [1.807, 2.05) is 63.4 Å². The zero-order valence-corrected chi connectivity index (χ0v) is 28.9. The number of benzene rings is 1. The number of rotatable bonds is 12. The van der Waals surface area contributed by atoms with E-state index in [1.54, 1.807) is 11.3 Å². The number of ether oxygens (including phenoxy) is 1. The van der Waals surface area contributed by atoms with Gasteiger partial charge in [-0.2, -0.15) is 9.61 Å². The van der Waals surface area contributed by atoms with Gasteiger partial charge < -0.3 is 14.7 Å². The van der Waals surface area contributed by atoms with Gasteiger partial charge in [0.25, 0.3) is 0 Å². The molecule has 1 aromatic carbocycles. The lowest BCUT2D eigenvalue weighted by molar-refractivity contribution is -0.160. The number of fused-ring (bicyclic) bond motifs is 1. The number of aromatic nitrogens is 4. The summed E-state index contributed by atoms with van der Waals surface area (Å²) in [4.78, 5) is 26.1. The minimum Gasteiger partial charge on any atom is -0.479 e. The number of piperidine rings is 1. The Morgan fingerprint density at radius 3 is 2.46 bits per heavy atom. The van der Waals surface area contributed by atoms with Crippen LogP contribution in [0.3, 0.4) is 0 Å².